The van der Waals surface area contributed by atoms with Crippen LogP contribution in [0.15, 0.2) is 47.6 Å². The van der Waals surface area contributed by atoms with E-state index >= 15 is 0 Å². The van der Waals surface area contributed by atoms with E-state index in [2.05, 4.69) is 21.4 Å². The lowest BCUT2D eigenvalue weighted by Crippen LogP contribution is -2.41. The molecule has 0 radical (unpaired) electrons. The van der Waals surface area contributed by atoms with E-state index in [1.54, 1.807) is 18.2 Å². The van der Waals surface area contributed by atoms with Crippen molar-refractivity contribution in [3.63, 3.8) is 0 Å². The van der Waals surface area contributed by atoms with Gasteiger partial charge in [0.25, 0.3) is 5.91 Å². The molecule has 1 fully saturated rings. The summed E-state index contributed by atoms with van der Waals surface area (Å²) in [6, 6.07) is 12.4. The molecule has 0 aliphatic carbocycles. The molecule has 0 aromatic heterocycles. The summed E-state index contributed by atoms with van der Waals surface area (Å²) in [5.41, 5.74) is 10.1. The van der Waals surface area contributed by atoms with Crippen molar-refractivity contribution in [2.75, 3.05) is 13.2 Å². The number of hydrogen-bond donors (Lipinski definition) is 4. The van der Waals surface area contributed by atoms with E-state index in [0.717, 1.165) is 11.3 Å². The second-order valence-corrected chi connectivity index (χ2v) is 6.46. The van der Waals surface area contributed by atoms with Crippen LogP contribution in [0.1, 0.15) is 37.4 Å². The van der Waals surface area contributed by atoms with Crippen LogP contribution in [0.3, 0.4) is 0 Å². The minimum absolute atomic E-state index is 0.0133. The first-order valence-electron chi connectivity index (χ1n) is 9.64. The predicted octanol–water partition coefficient (Wildman–Crippen LogP) is 2.25. The van der Waals surface area contributed by atoms with E-state index in [1.165, 1.54) is 6.21 Å². The zero-order valence-corrected chi connectivity index (χ0v) is 16.5. The maximum Gasteiger partial charge on any atom is 0.258 e. The van der Waals surface area contributed by atoms with Crippen molar-refractivity contribution in [1.29, 1.82) is 0 Å². The molecule has 1 amide bonds. The highest BCUT2D eigenvalue weighted by Gasteiger charge is 2.31. The molecule has 2 unspecified atom stereocenters. The number of amides is 1. The van der Waals surface area contributed by atoms with Crippen LogP contribution in [0.5, 0.6) is 17.2 Å². The van der Waals surface area contributed by atoms with Gasteiger partial charge in [0.2, 0.25) is 0 Å². The van der Waals surface area contributed by atoms with E-state index in [9.17, 15) is 9.90 Å². The number of benzene rings is 2. The molecule has 154 valence electrons. The number of ether oxygens (including phenoxy) is 2. The third-order valence-electron chi connectivity index (χ3n) is 4.52. The normalized spacial score (nSPS) is 18.7. The van der Waals surface area contributed by atoms with Crippen LogP contribution < -0.4 is 25.8 Å². The first kappa shape index (κ1) is 20.6. The molecule has 0 saturated carbocycles. The van der Waals surface area contributed by atoms with Gasteiger partial charge in [0.1, 0.15) is 11.8 Å². The lowest BCUT2D eigenvalue weighted by atomic mass is 10.0. The van der Waals surface area contributed by atoms with Gasteiger partial charge in [-0.15, -0.1) is 0 Å². The van der Waals surface area contributed by atoms with Crippen LogP contribution in [0.4, 0.5) is 0 Å². The Labute approximate surface area is 169 Å². The largest absolute Gasteiger partial charge is 0.504 e. The fourth-order valence-corrected chi connectivity index (χ4v) is 3.15. The summed E-state index contributed by atoms with van der Waals surface area (Å²) in [6.07, 6.45) is 1.94. The first-order chi connectivity index (χ1) is 14.1. The summed E-state index contributed by atoms with van der Waals surface area (Å²) < 4.78 is 11.0. The number of hydrazine groups is 1. The second-order valence-electron chi connectivity index (χ2n) is 6.46. The van der Waals surface area contributed by atoms with E-state index in [1.807, 2.05) is 38.1 Å². The SMILES string of the molecule is CCOc1ccccc1C1CC(C(=O)N/N=C/c2cccc(OCC)c2O)NN1. The maximum atomic E-state index is 12.4. The lowest BCUT2D eigenvalue weighted by Gasteiger charge is -2.15. The van der Waals surface area contributed by atoms with Gasteiger partial charge in [0.05, 0.1) is 25.5 Å². The Bertz CT molecular complexity index is 872. The molecule has 0 bridgehead atoms. The van der Waals surface area contributed by atoms with Crippen molar-refractivity contribution in [1.82, 2.24) is 16.3 Å². The van der Waals surface area contributed by atoms with Crippen LogP contribution in [0.2, 0.25) is 0 Å². The summed E-state index contributed by atoms with van der Waals surface area (Å²) in [7, 11) is 0. The molecule has 2 aromatic carbocycles. The monoisotopic (exact) mass is 398 g/mol. The Kier molecular flexibility index (Phi) is 7.04. The summed E-state index contributed by atoms with van der Waals surface area (Å²) >= 11 is 0. The number of para-hydroxylation sites is 2. The average Bonchev–Trinajstić information content (AvgIpc) is 3.22. The molecule has 1 saturated heterocycles. The standard InChI is InChI=1S/C21H26N4O4/c1-3-28-18-10-6-5-9-15(18)16-12-17(24-23-16)21(27)25-22-13-14-8-7-11-19(20(14)26)29-4-2/h5-11,13,16-17,23-24,26H,3-4,12H2,1-2H3,(H,25,27)/b22-13+. The van der Waals surface area contributed by atoms with Crippen molar-refractivity contribution in [3.8, 4) is 17.2 Å². The molecule has 3 rings (SSSR count). The molecule has 1 aliphatic heterocycles. The number of phenolic OH excluding ortho intramolecular Hbond substituents is 1. The zero-order valence-electron chi connectivity index (χ0n) is 16.5. The molecule has 1 aliphatic rings. The predicted molar refractivity (Wildman–Crippen MR) is 110 cm³/mol. The van der Waals surface area contributed by atoms with Crippen LogP contribution in [0, 0.1) is 0 Å². The van der Waals surface area contributed by atoms with Crippen molar-refractivity contribution < 1.29 is 19.4 Å². The maximum absolute atomic E-state index is 12.4. The highest BCUT2D eigenvalue weighted by molar-refractivity contribution is 5.87. The topological polar surface area (TPSA) is 104 Å². The first-order valence-corrected chi connectivity index (χ1v) is 9.64. The fraction of sp³-hybridized carbons (Fsp3) is 0.333. The van der Waals surface area contributed by atoms with Gasteiger partial charge >= 0.3 is 0 Å². The number of carbonyl (C=O) groups is 1. The number of carbonyl (C=O) groups excluding carboxylic acids is 1. The molecule has 29 heavy (non-hydrogen) atoms. The van der Waals surface area contributed by atoms with Crippen molar-refractivity contribution >= 4 is 12.1 Å². The van der Waals surface area contributed by atoms with Crippen molar-refractivity contribution in [2.45, 2.75) is 32.4 Å². The van der Waals surface area contributed by atoms with Crippen LogP contribution in [0.25, 0.3) is 0 Å². The van der Waals surface area contributed by atoms with E-state index < -0.39 is 6.04 Å². The van der Waals surface area contributed by atoms with Gasteiger partial charge in [-0.25, -0.2) is 16.3 Å². The van der Waals surface area contributed by atoms with Gasteiger partial charge in [0, 0.05) is 11.1 Å². The smallest absolute Gasteiger partial charge is 0.258 e. The van der Waals surface area contributed by atoms with Gasteiger partial charge in [-0.1, -0.05) is 24.3 Å². The van der Waals surface area contributed by atoms with Crippen LogP contribution in [-0.2, 0) is 4.79 Å². The summed E-state index contributed by atoms with van der Waals surface area (Å²) in [4.78, 5) is 12.4. The minimum Gasteiger partial charge on any atom is -0.504 e. The molecular weight excluding hydrogens is 372 g/mol. The molecule has 8 nitrogen and oxygen atoms in total. The third kappa shape index (κ3) is 5.04. The highest BCUT2D eigenvalue weighted by atomic mass is 16.5. The number of rotatable bonds is 8. The molecule has 4 N–H and O–H groups in total. The number of phenols is 1. The van der Waals surface area contributed by atoms with Gasteiger partial charge in [-0.3, -0.25) is 4.79 Å². The van der Waals surface area contributed by atoms with Gasteiger partial charge in [0.15, 0.2) is 11.5 Å². The fourth-order valence-electron chi connectivity index (χ4n) is 3.15. The molecule has 2 atom stereocenters. The average molecular weight is 398 g/mol. The second kappa shape index (κ2) is 9.90. The summed E-state index contributed by atoms with van der Waals surface area (Å²) in [5, 5.41) is 14.1. The number of nitrogens with one attached hydrogen (secondary N) is 3. The van der Waals surface area contributed by atoms with Crippen molar-refractivity contribution in [2.24, 2.45) is 5.10 Å². The molecular formula is C21H26N4O4. The summed E-state index contributed by atoms with van der Waals surface area (Å²) in [6.45, 7) is 4.79. The number of hydrogen-bond acceptors (Lipinski definition) is 7. The number of nitrogens with zero attached hydrogens (tertiary/aromatic N) is 1. The summed E-state index contributed by atoms with van der Waals surface area (Å²) in [5.74, 6) is 0.893. The Hall–Kier alpha value is -3.10. The van der Waals surface area contributed by atoms with Gasteiger partial charge in [-0.2, -0.15) is 5.10 Å². The van der Waals surface area contributed by atoms with E-state index in [4.69, 9.17) is 9.47 Å². The quantitative estimate of drug-likeness (QED) is 0.402. The van der Waals surface area contributed by atoms with E-state index in [0.29, 0.717) is 30.9 Å². The molecule has 2 aromatic rings. The van der Waals surface area contributed by atoms with Gasteiger partial charge < -0.3 is 14.6 Å². The van der Waals surface area contributed by atoms with Crippen LogP contribution in [-0.4, -0.2) is 36.5 Å². The van der Waals surface area contributed by atoms with Gasteiger partial charge in [-0.05, 0) is 38.5 Å². The van der Waals surface area contributed by atoms with Crippen molar-refractivity contribution in [3.05, 3.63) is 53.6 Å². The van der Waals surface area contributed by atoms with Crippen LogP contribution >= 0.6 is 0 Å². The Morgan fingerprint density at radius 3 is 2.66 bits per heavy atom. The zero-order chi connectivity index (χ0) is 20.6. The highest BCUT2D eigenvalue weighted by Crippen LogP contribution is 2.30. The Balaban J connectivity index is 1.59. The molecule has 1 heterocycles. The number of hydrazone groups is 1. The minimum atomic E-state index is -0.449. The Morgan fingerprint density at radius 2 is 1.86 bits per heavy atom. The third-order valence-corrected chi connectivity index (χ3v) is 4.52. The molecule has 0 spiro atoms. The molecule has 8 heteroatoms. The Morgan fingerprint density at radius 1 is 1.14 bits per heavy atom. The number of aromatic hydroxyl groups is 1. The van der Waals surface area contributed by atoms with E-state index in [-0.39, 0.29) is 17.7 Å². The lowest BCUT2D eigenvalue weighted by molar-refractivity contribution is -0.122.